The molecule has 0 fully saturated rings. The molecule has 0 N–H and O–H groups in total. The first kappa shape index (κ1) is 8.68. The fraction of sp³-hybridized carbons (Fsp3) is 0.111. The van der Waals surface area contributed by atoms with Crippen LogP contribution in [0.3, 0.4) is 0 Å². The van der Waals surface area contributed by atoms with E-state index in [1.54, 1.807) is 29.9 Å². The lowest BCUT2D eigenvalue weighted by atomic mass is 10.3. The molecule has 0 radical (unpaired) electrons. The van der Waals surface area contributed by atoms with E-state index in [0.29, 0.717) is 0 Å². The van der Waals surface area contributed by atoms with Gasteiger partial charge in [-0.1, -0.05) is 0 Å². The van der Waals surface area contributed by atoms with Crippen LogP contribution >= 0.6 is 22.6 Å². The lowest BCUT2D eigenvalue weighted by molar-refractivity contribution is 0.887. The van der Waals surface area contributed by atoms with Gasteiger partial charge in [-0.05, 0) is 34.7 Å². The van der Waals surface area contributed by atoms with E-state index in [1.165, 1.54) is 0 Å². The number of hydrogen-bond donors (Lipinski definition) is 0. The van der Waals surface area contributed by atoms with Crippen LogP contribution in [-0.4, -0.2) is 9.55 Å². The Bertz CT molecular complexity index is 518. The first-order chi connectivity index (χ1) is 6.18. The third-order valence-electron chi connectivity index (χ3n) is 1.92. The van der Waals surface area contributed by atoms with Gasteiger partial charge in [0, 0.05) is 28.3 Å². The van der Waals surface area contributed by atoms with Crippen molar-refractivity contribution in [1.29, 1.82) is 0 Å². The Kier molecular flexibility index (Phi) is 2.07. The van der Waals surface area contributed by atoms with Crippen LogP contribution in [0.1, 0.15) is 0 Å². The van der Waals surface area contributed by atoms with Crippen LogP contribution in [0.25, 0.3) is 11.0 Å². The van der Waals surface area contributed by atoms with Crippen LogP contribution in [0.5, 0.6) is 0 Å². The van der Waals surface area contributed by atoms with Gasteiger partial charge in [-0.2, -0.15) is 0 Å². The molecule has 3 nitrogen and oxygen atoms in total. The van der Waals surface area contributed by atoms with Crippen molar-refractivity contribution in [1.82, 2.24) is 9.55 Å². The van der Waals surface area contributed by atoms with Crippen molar-refractivity contribution in [2.75, 3.05) is 0 Å². The maximum absolute atomic E-state index is 11.2. The summed E-state index contributed by atoms with van der Waals surface area (Å²) >= 11 is 2.20. The van der Waals surface area contributed by atoms with Crippen molar-refractivity contribution >= 4 is 33.6 Å². The summed E-state index contributed by atoms with van der Waals surface area (Å²) in [5.41, 5.74) is 0.703. The van der Waals surface area contributed by atoms with E-state index in [0.717, 1.165) is 14.6 Å². The number of rotatable bonds is 0. The summed E-state index contributed by atoms with van der Waals surface area (Å²) in [5, 5.41) is 0.994. The molecule has 0 aromatic carbocycles. The third-order valence-corrected chi connectivity index (χ3v) is 2.51. The van der Waals surface area contributed by atoms with Crippen molar-refractivity contribution in [3.05, 3.63) is 38.3 Å². The molecule has 0 aliphatic carbocycles. The number of nitrogens with zero attached hydrogens (tertiary/aromatic N) is 2. The van der Waals surface area contributed by atoms with Crippen LogP contribution < -0.4 is 5.56 Å². The summed E-state index contributed by atoms with van der Waals surface area (Å²) in [7, 11) is 1.73. The van der Waals surface area contributed by atoms with E-state index < -0.39 is 0 Å². The highest BCUT2D eigenvalue weighted by Gasteiger charge is 1.99. The monoisotopic (exact) mass is 286 g/mol. The molecule has 0 aliphatic rings. The standard InChI is InChI=1S/C9H7IN2O/c1-12-8(13)3-2-6-4-7(10)5-11-9(6)12/h2-5H,1H3. The molecule has 2 rings (SSSR count). The van der Waals surface area contributed by atoms with Crippen molar-refractivity contribution in [3.63, 3.8) is 0 Å². The van der Waals surface area contributed by atoms with Gasteiger partial charge >= 0.3 is 0 Å². The highest BCUT2D eigenvalue weighted by Crippen LogP contribution is 2.11. The largest absolute Gasteiger partial charge is 0.296 e. The summed E-state index contributed by atoms with van der Waals surface area (Å²) in [6.07, 6.45) is 1.75. The lowest BCUT2D eigenvalue weighted by Crippen LogP contribution is -2.15. The first-order valence-corrected chi connectivity index (χ1v) is 4.87. The Morgan fingerprint density at radius 1 is 1.46 bits per heavy atom. The average Bonchev–Trinajstić information content (AvgIpc) is 2.12. The first-order valence-electron chi connectivity index (χ1n) is 3.80. The van der Waals surface area contributed by atoms with Gasteiger partial charge in [0.2, 0.25) is 0 Å². The van der Waals surface area contributed by atoms with Gasteiger partial charge in [-0.3, -0.25) is 9.36 Å². The Labute approximate surface area is 88.6 Å². The normalized spacial score (nSPS) is 10.6. The van der Waals surface area contributed by atoms with E-state index >= 15 is 0 Å². The number of aromatic nitrogens is 2. The number of fused-ring (bicyclic) bond motifs is 1. The van der Waals surface area contributed by atoms with Crippen molar-refractivity contribution in [2.45, 2.75) is 0 Å². The smallest absolute Gasteiger partial charge is 0.251 e. The molecule has 66 valence electrons. The van der Waals surface area contributed by atoms with Crippen LogP contribution in [0.15, 0.2) is 29.2 Å². The van der Waals surface area contributed by atoms with Gasteiger partial charge in [0.25, 0.3) is 5.56 Å². The summed E-state index contributed by atoms with van der Waals surface area (Å²) in [6, 6.07) is 5.36. The van der Waals surface area contributed by atoms with Crippen LogP contribution in [0, 0.1) is 3.57 Å². The second-order valence-corrected chi connectivity index (χ2v) is 4.04. The van der Waals surface area contributed by atoms with Crippen molar-refractivity contribution in [3.8, 4) is 0 Å². The summed E-state index contributed by atoms with van der Waals surface area (Å²) in [4.78, 5) is 15.4. The third kappa shape index (κ3) is 1.46. The van der Waals surface area contributed by atoms with Gasteiger partial charge in [-0.15, -0.1) is 0 Å². The molecule has 13 heavy (non-hydrogen) atoms. The van der Waals surface area contributed by atoms with Crippen LogP contribution in [-0.2, 0) is 7.05 Å². The Morgan fingerprint density at radius 2 is 2.23 bits per heavy atom. The van der Waals surface area contributed by atoms with E-state index in [9.17, 15) is 4.79 Å². The minimum absolute atomic E-state index is 0.0267. The quantitative estimate of drug-likeness (QED) is 0.689. The molecule has 0 saturated heterocycles. The average molecular weight is 286 g/mol. The summed E-state index contributed by atoms with van der Waals surface area (Å²) in [6.45, 7) is 0. The maximum Gasteiger partial charge on any atom is 0.251 e. The Morgan fingerprint density at radius 3 is 3.00 bits per heavy atom. The minimum Gasteiger partial charge on any atom is -0.296 e. The molecule has 0 aliphatic heterocycles. The van der Waals surface area contributed by atoms with Gasteiger partial charge < -0.3 is 0 Å². The second kappa shape index (κ2) is 3.10. The molecule has 0 atom stereocenters. The highest BCUT2D eigenvalue weighted by molar-refractivity contribution is 14.1. The lowest BCUT2D eigenvalue weighted by Gasteiger charge is -2.02. The maximum atomic E-state index is 11.2. The zero-order chi connectivity index (χ0) is 9.42. The fourth-order valence-electron chi connectivity index (χ4n) is 1.23. The molecule has 0 amide bonds. The predicted molar refractivity (Wildman–Crippen MR) is 59.7 cm³/mol. The molecule has 0 saturated carbocycles. The highest BCUT2D eigenvalue weighted by atomic mass is 127. The number of hydrogen-bond acceptors (Lipinski definition) is 2. The SMILES string of the molecule is Cn1c(=O)ccc2cc(I)cnc21. The molecule has 0 spiro atoms. The Balaban J connectivity index is 2.95. The fourth-order valence-corrected chi connectivity index (χ4v) is 1.70. The molecule has 0 bridgehead atoms. The van der Waals surface area contributed by atoms with Gasteiger partial charge in [-0.25, -0.2) is 4.98 Å². The van der Waals surface area contributed by atoms with E-state index in [1.807, 2.05) is 6.07 Å². The van der Waals surface area contributed by atoms with Crippen molar-refractivity contribution < 1.29 is 0 Å². The summed E-state index contributed by atoms with van der Waals surface area (Å²) in [5.74, 6) is 0. The molecule has 0 unspecified atom stereocenters. The molecule has 2 heterocycles. The van der Waals surface area contributed by atoms with Gasteiger partial charge in [0.15, 0.2) is 0 Å². The van der Waals surface area contributed by atoms with Gasteiger partial charge in [0.1, 0.15) is 5.65 Å². The minimum atomic E-state index is -0.0267. The van der Waals surface area contributed by atoms with E-state index in [2.05, 4.69) is 27.6 Å². The van der Waals surface area contributed by atoms with E-state index in [4.69, 9.17) is 0 Å². The zero-order valence-electron chi connectivity index (χ0n) is 6.99. The molecule has 2 aromatic rings. The molecular weight excluding hydrogens is 279 g/mol. The van der Waals surface area contributed by atoms with Crippen LogP contribution in [0.2, 0.25) is 0 Å². The Hall–Kier alpha value is -0.910. The topological polar surface area (TPSA) is 34.9 Å². The predicted octanol–water partition coefficient (Wildman–Crippen LogP) is 1.54. The van der Waals surface area contributed by atoms with Crippen LogP contribution in [0.4, 0.5) is 0 Å². The van der Waals surface area contributed by atoms with Gasteiger partial charge in [0.05, 0.1) is 0 Å². The number of aryl methyl sites for hydroxylation is 1. The number of halogens is 1. The molecular formula is C9H7IN2O. The zero-order valence-corrected chi connectivity index (χ0v) is 9.15. The molecule has 4 heteroatoms. The second-order valence-electron chi connectivity index (χ2n) is 2.80. The summed E-state index contributed by atoms with van der Waals surface area (Å²) < 4.78 is 2.62. The van der Waals surface area contributed by atoms with E-state index in [-0.39, 0.29) is 5.56 Å². The molecule has 2 aromatic heterocycles. The number of pyridine rings is 2. The van der Waals surface area contributed by atoms with Crippen molar-refractivity contribution in [2.24, 2.45) is 7.05 Å².